The molecule has 0 saturated carbocycles. The molecule has 0 fully saturated rings. The van der Waals surface area contributed by atoms with Crippen molar-refractivity contribution in [3.05, 3.63) is 30.3 Å². The Morgan fingerprint density at radius 2 is 1.61 bits per heavy atom. The fourth-order valence-electron chi connectivity index (χ4n) is 1.31. The highest BCUT2D eigenvalue weighted by Crippen LogP contribution is 2.31. The Morgan fingerprint density at radius 3 is 2.00 bits per heavy atom. The van der Waals surface area contributed by atoms with Crippen LogP contribution < -0.4 is 4.57 Å². The van der Waals surface area contributed by atoms with Crippen molar-refractivity contribution in [2.24, 2.45) is 0 Å². The van der Waals surface area contributed by atoms with Gasteiger partial charge in [0, 0.05) is 15.9 Å². The summed E-state index contributed by atoms with van der Waals surface area (Å²) in [4.78, 5) is 0. The van der Waals surface area contributed by atoms with E-state index in [2.05, 4.69) is 0 Å². The Labute approximate surface area is 125 Å². The summed E-state index contributed by atoms with van der Waals surface area (Å²) in [6.45, 7) is -1.87. The predicted octanol–water partition coefficient (Wildman–Crippen LogP) is 1.11. The van der Waals surface area contributed by atoms with E-state index in [4.69, 9.17) is 0 Å². The predicted molar refractivity (Wildman–Crippen MR) is 61.6 cm³/mol. The maximum atomic E-state index is 12.9. The summed E-state index contributed by atoms with van der Waals surface area (Å²) in [5, 5.41) is 0. The molecule has 0 radical (unpaired) electrons. The molecule has 0 bridgehead atoms. The van der Waals surface area contributed by atoms with E-state index in [-0.39, 0.29) is 4.57 Å². The second-order valence-electron chi connectivity index (χ2n) is 3.96. The van der Waals surface area contributed by atoms with E-state index >= 15 is 0 Å². The molecule has 1 atom stereocenters. The van der Waals surface area contributed by atoms with Gasteiger partial charge in [0.05, 0.1) is 0 Å². The highest BCUT2D eigenvalue weighted by Gasteiger charge is 2.53. The average Bonchev–Trinajstić information content (AvgIpc) is 2.32. The Bertz CT molecular complexity index is 819. The molecular formula is C9H6F7NO4S2. The van der Waals surface area contributed by atoms with E-state index in [1.807, 2.05) is 0 Å². The zero-order chi connectivity index (χ0) is 18.3. The van der Waals surface area contributed by atoms with Crippen molar-refractivity contribution in [3.63, 3.8) is 0 Å². The molecule has 1 rings (SSSR count). The van der Waals surface area contributed by atoms with Crippen LogP contribution in [0.5, 0.6) is 0 Å². The van der Waals surface area contributed by atoms with Crippen molar-refractivity contribution >= 4 is 23.8 Å². The van der Waals surface area contributed by atoms with Crippen LogP contribution in [0.25, 0.3) is 0 Å². The normalized spacial score (nSPS) is 16.0. The second kappa shape index (κ2) is 5.90. The number of rotatable bonds is 2. The third kappa shape index (κ3) is 3.92. The lowest BCUT2D eigenvalue weighted by Crippen LogP contribution is -2.48. The Morgan fingerprint density at radius 1 is 1.09 bits per heavy atom. The highest BCUT2D eigenvalue weighted by atomic mass is 32.3. The number of sulfone groups is 1. The highest BCUT2D eigenvalue weighted by molar-refractivity contribution is 8.22. The van der Waals surface area contributed by atoms with Gasteiger partial charge in [0.25, 0.3) is 9.84 Å². The molecule has 0 N–H and O–H groups in total. The first-order chi connectivity index (χ1) is 10.1. The maximum Gasteiger partial charge on any atom is 0.502 e. The molecule has 0 aliphatic rings. The summed E-state index contributed by atoms with van der Waals surface area (Å²) in [6.07, 6.45) is 1.03. The molecule has 1 unspecified atom stereocenters. The number of hydrogen-bond acceptors (Lipinski definition) is 4. The average molecular weight is 389 g/mol. The SMILES string of the molecule is O=S(=O)(C(C[n+]1cccc(F)c1)=S(=O)([O-])C(F)(F)F)C(F)(F)F. The summed E-state index contributed by atoms with van der Waals surface area (Å²) >= 11 is 0. The monoisotopic (exact) mass is 389 g/mol. The molecule has 0 amide bonds. The third-order valence-electron chi connectivity index (χ3n) is 2.34. The van der Waals surface area contributed by atoms with E-state index in [1.54, 1.807) is 0 Å². The first kappa shape index (κ1) is 19.6. The van der Waals surface area contributed by atoms with Gasteiger partial charge in [-0.25, -0.2) is 12.8 Å². The number of pyridine rings is 1. The molecule has 1 aromatic heterocycles. The molecule has 14 heteroatoms. The minimum atomic E-state index is -6.82. The molecule has 5 nitrogen and oxygen atoms in total. The van der Waals surface area contributed by atoms with Crippen LogP contribution in [-0.4, -0.2) is 32.4 Å². The summed E-state index contributed by atoms with van der Waals surface area (Å²) in [6, 6.07) is 1.58. The first-order valence-corrected chi connectivity index (χ1v) is 8.20. The molecular weight excluding hydrogens is 383 g/mol. The van der Waals surface area contributed by atoms with Gasteiger partial charge in [-0.2, -0.15) is 30.9 Å². The molecule has 0 aliphatic heterocycles. The van der Waals surface area contributed by atoms with Crippen molar-refractivity contribution in [2.75, 3.05) is 0 Å². The Kier molecular flexibility index (Phi) is 5.04. The van der Waals surface area contributed by atoms with E-state index in [0.717, 1.165) is 12.1 Å². The van der Waals surface area contributed by atoms with Gasteiger partial charge in [0.1, 0.15) is 0 Å². The topological polar surface area (TPSA) is 78.2 Å². The van der Waals surface area contributed by atoms with Gasteiger partial charge in [0.15, 0.2) is 22.8 Å². The van der Waals surface area contributed by atoms with Crippen molar-refractivity contribution in [1.82, 2.24) is 0 Å². The Hall–Kier alpha value is -1.41. The molecule has 0 saturated heterocycles. The molecule has 0 aromatic carbocycles. The zero-order valence-electron chi connectivity index (χ0n) is 10.6. The van der Waals surface area contributed by atoms with Crippen LogP contribution in [0.4, 0.5) is 30.7 Å². The molecule has 132 valence electrons. The summed E-state index contributed by atoms with van der Waals surface area (Å²) < 4.78 is 130. The van der Waals surface area contributed by atoms with Gasteiger partial charge in [-0.15, -0.1) is 0 Å². The maximum absolute atomic E-state index is 12.9. The van der Waals surface area contributed by atoms with Crippen LogP contribution >= 0.6 is 0 Å². The van der Waals surface area contributed by atoms with Gasteiger partial charge in [-0.1, -0.05) is 0 Å². The molecule has 1 heterocycles. The fraction of sp³-hybridized carbons (Fsp3) is 0.333. The van der Waals surface area contributed by atoms with Gasteiger partial charge < -0.3 is 4.55 Å². The minimum absolute atomic E-state index is 0.219. The zero-order valence-corrected chi connectivity index (χ0v) is 12.2. The molecule has 0 aliphatic carbocycles. The van der Waals surface area contributed by atoms with E-state index in [1.165, 1.54) is 0 Å². The van der Waals surface area contributed by atoms with Crippen LogP contribution in [0.1, 0.15) is 0 Å². The van der Waals surface area contributed by atoms with Crippen molar-refractivity contribution in [1.29, 1.82) is 0 Å². The molecule has 1 aromatic rings. The summed E-state index contributed by atoms with van der Waals surface area (Å²) in [7, 11) is -13.6. The summed E-state index contributed by atoms with van der Waals surface area (Å²) in [5.74, 6) is -1.14. The van der Waals surface area contributed by atoms with E-state index in [9.17, 15) is 47.9 Å². The quantitative estimate of drug-likeness (QED) is 0.431. The number of nitrogens with zero attached hydrogens (tertiary/aromatic N) is 1. The number of aromatic nitrogens is 1. The third-order valence-corrected chi connectivity index (χ3v) is 6.34. The van der Waals surface area contributed by atoms with Crippen molar-refractivity contribution < 1.29 is 52.5 Å². The minimum Gasteiger partial charge on any atom is -0.770 e. The van der Waals surface area contributed by atoms with Gasteiger partial charge in [0.2, 0.25) is 6.20 Å². The van der Waals surface area contributed by atoms with Crippen LogP contribution in [-0.2, 0) is 26.2 Å². The molecule has 0 spiro atoms. The molecule has 23 heavy (non-hydrogen) atoms. The van der Waals surface area contributed by atoms with Gasteiger partial charge in [-0.3, -0.25) is 4.21 Å². The van der Waals surface area contributed by atoms with Crippen LogP contribution in [0.2, 0.25) is 0 Å². The van der Waals surface area contributed by atoms with E-state index < -0.39 is 47.2 Å². The smallest absolute Gasteiger partial charge is 0.502 e. The fourth-order valence-corrected chi connectivity index (χ4v) is 4.19. The van der Waals surface area contributed by atoms with Crippen LogP contribution in [0.3, 0.4) is 0 Å². The summed E-state index contributed by atoms with van der Waals surface area (Å²) in [5.41, 5.74) is -12.6. The van der Waals surface area contributed by atoms with Crippen molar-refractivity contribution in [3.8, 4) is 0 Å². The standard InChI is InChI=1S/C9H6F7NO4S2/c10-6-2-1-3-17(4-6)5-7(22(18,19)8(11,12)13)23(20,21)9(14,15)16/h1-4H,5H2. The van der Waals surface area contributed by atoms with Gasteiger partial charge in [-0.05, 0) is 6.07 Å². The number of hydrogen-bond donors (Lipinski definition) is 0. The largest absolute Gasteiger partial charge is 0.770 e. The lowest BCUT2D eigenvalue weighted by Gasteiger charge is -2.23. The van der Waals surface area contributed by atoms with Gasteiger partial charge >= 0.3 is 11.0 Å². The lowest BCUT2D eigenvalue weighted by molar-refractivity contribution is -0.682. The number of alkyl halides is 6. The lowest BCUT2D eigenvalue weighted by atomic mass is 10.4. The first-order valence-electron chi connectivity index (χ1n) is 5.24. The van der Waals surface area contributed by atoms with Crippen LogP contribution in [0, 0.1) is 5.82 Å². The Balaban J connectivity index is 3.73. The van der Waals surface area contributed by atoms with Crippen molar-refractivity contribution in [2.45, 2.75) is 17.6 Å². The van der Waals surface area contributed by atoms with E-state index in [0.29, 0.717) is 12.4 Å². The second-order valence-corrected chi connectivity index (χ2v) is 8.15. The van der Waals surface area contributed by atoms with Crippen LogP contribution in [0.15, 0.2) is 24.5 Å². The number of halogens is 7.